The third kappa shape index (κ3) is 5.23. The van der Waals surface area contributed by atoms with Crippen LogP contribution in [0, 0.1) is 0 Å². The molecule has 0 radical (unpaired) electrons. The summed E-state index contributed by atoms with van der Waals surface area (Å²) in [4.78, 5) is 27.0. The summed E-state index contributed by atoms with van der Waals surface area (Å²) in [6.07, 6.45) is 0. The first-order valence-electron chi connectivity index (χ1n) is 7.23. The maximum atomic E-state index is 12.1. The van der Waals surface area contributed by atoms with E-state index in [9.17, 15) is 9.59 Å². The van der Waals surface area contributed by atoms with Crippen molar-refractivity contribution in [2.75, 3.05) is 33.3 Å². The molecule has 118 valence electrons. The van der Waals surface area contributed by atoms with Gasteiger partial charge in [-0.25, -0.2) is 0 Å². The number of hydrogen-bond donors (Lipinski definition) is 0. The quantitative estimate of drug-likeness (QED) is 0.684. The normalized spacial score (nSPS) is 10.7. The first-order chi connectivity index (χ1) is 10.0. The van der Waals surface area contributed by atoms with Crippen LogP contribution in [-0.2, 0) is 16.1 Å². The Morgan fingerprint density at radius 3 is 2.43 bits per heavy atom. The SMILES string of the molecule is CCOC(=O)CN(C)C(=O)c1ccc(CN(CC)CC)o1. The summed E-state index contributed by atoms with van der Waals surface area (Å²) in [6.45, 7) is 8.60. The Morgan fingerprint density at radius 2 is 1.86 bits per heavy atom. The first kappa shape index (κ1) is 17.2. The molecule has 0 saturated heterocycles. The summed E-state index contributed by atoms with van der Waals surface area (Å²) in [6, 6.07) is 3.44. The van der Waals surface area contributed by atoms with Gasteiger partial charge in [0, 0.05) is 7.05 Å². The molecule has 0 bridgehead atoms. The van der Waals surface area contributed by atoms with Crippen molar-refractivity contribution in [2.45, 2.75) is 27.3 Å². The second-order valence-electron chi connectivity index (χ2n) is 4.69. The Kier molecular flexibility index (Phi) is 6.94. The monoisotopic (exact) mass is 296 g/mol. The van der Waals surface area contributed by atoms with Gasteiger partial charge in [-0.1, -0.05) is 13.8 Å². The van der Waals surface area contributed by atoms with Crippen LogP contribution in [0.4, 0.5) is 0 Å². The van der Waals surface area contributed by atoms with Gasteiger partial charge in [-0.05, 0) is 32.1 Å². The van der Waals surface area contributed by atoms with Gasteiger partial charge < -0.3 is 14.1 Å². The second kappa shape index (κ2) is 8.46. The standard InChI is InChI=1S/C15H24N2O4/c1-5-17(6-2)10-12-8-9-13(21-12)15(19)16(4)11-14(18)20-7-3/h8-9H,5-7,10-11H2,1-4H3. The highest BCUT2D eigenvalue weighted by atomic mass is 16.5. The first-order valence-corrected chi connectivity index (χ1v) is 7.23. The lowest BCUT2D eigenvalue weighted by Gasteiger charge is -2.16. The smallest absolute Gasteiger partial charge is 0.325 e. The fourth-order valence-electron chi connectivity index (χ4n) is 1.91. The van der Waals surface area contributed by atoms with Gasteiger partial charge in [0.15, 0.2) is 5.76 Å². The van der Waals surface area contributed by atoms with Gasteiger partial charge in [0.1, 0.15) is 12.3 Å². The number of rotatable bonds is 8. The zero-order valence-electron chi connectivity index (χ0n) is 13.2. The van der Waals surface area contributed by atoms with Crippen molar-refractivity contribution in [1.82, 2.24) is 9.80 Å². The molecule has 0 fully saturated rings. The molecule has 1 rings (SSSR count). The number of carbonyl (C=O) groups is 2. The molecule has 0 saturated carbocycles. The predicted octanol–water partition coefficient (Wildman–Crippen LogP) is 1.76. The fraction of sp³-hybridized carbons (Fsp3) is 0.600. The highest BCUT2D eigenvalue weighted by Gasteiger charge is 2.19. The molecule has 21 heavy (non-hydrogen) atoms. The lowest BCUT2D eigenvalue weighted by Crippen LogP contribution is -2.32. The topological polar surface area (TPSA) is 63.0 Å². The lowest BCUT2D eigenvalue weighted by atomic mass is 10.3. The van der Waals surface area contributed by atoms with Crippen LogP contribution in [0.25, 0.3) is 0 Å². The number of nitrogens with zero attached hydrogens (tertiary/aromatic N) is 2. The number of amides is 1. The molecule has 0 atom stereocenters. The maximum absolute atomic E-state index is 12.1. The minimum Gasteiger partial charge on any atom is -0.465 e. The van der Waals surface area contributed by atoms with Crippen LogP contribution in [0.3, 0.4) is 0 Å². The molecule has 0 unspecified atom stereocenters. The third-order valence-electron chi connectivity index (χ3n) is 3.16. The molecular weight excluding hydrogens is 272 g/mol. The van der Waals surface area contributed by atoms with Crippen LogP contribution < -0.4 is 0 Å². The van der Waals surface area contributed by atoms with Gasteiger partial charge in [-0.2, -0.15) is 0 Å². The van der Waals surface area contributed by atoms with Gasteiger partial charge in [0.05, 0.1) is 13.2 Å². The molecular formula is C15H24N2O4. The summed E-state index contributed by atoms with van der Waals surface area (Å²) in [5.74, 6) is 0.229. The molecule has 1 aromatic heterocycles. The number of furan rings is 1. The van der Waals surface area contributed by atoms with E-state index >= 15 is 0 Å². The minimum absolute atomic E-state index is 0.0846. The van der Waals surface area contributed by atoms with E-state index in [4.69, 9.17) is 9.15 Å². The van der Waals surface area contributed by atoms with Crippen LogP contribution in [-0.4, -0.2) is 55.0 Å². The molecule has 0 N–H and O–H groups in total. The molecule has 0 spiro atoms. The molecule has 0 aliphatic carbocycles. The molecule has 1 aromatic rings. The molecule has 6 heteroatoms. The highest BCUT2D eigenvalue weighted by molar-refractivity contribution is 5.93. The van der Waals surface area contributed by atoms with Gasteiger partial charge in [0.25, 0.3) is 5.91 Å². The zero-order valence-corrected chi connectivity index (χ0v) is 13.2. The van der Waals surface area contributed by atoms with Crippen LogP contribution in [0.1, 0.15) is 37.1 Å². The zero-order chi connectivity index (χ0) is 15.8. The summed E-state index contributed by atoms with van der Waals surface area (Å²) in [7, 11) is 1.55. The van der Waals surface area contributed by atoms with E-state index in [2.05, 4.69) is 18.7 Å². The van der Waals surface area contributed by atoms with Gasteiger partial charge in [-0.3, -0.25) is 14.5 Å². The second-order valence-corrected chi connectivity index (χ2v) is 4.69. The van der Waals surface area contributed by atoms with Crippen molar-refractivity contribution in [3.63, 3.8) is 0 Å². The van der Waals surface area contributed by atoms with E-state index in [0.717, 1.165) is 18.8 Å². The number of likely N-dealkylation sites (N-methyl/N-ethyl adjacent to an activating group) is 1. The van der Waals surface area contributed by atoms with Crippen LogP contribution in [0.2, 0.25) is 0 Å². The van der Waals surface area contributed by atoms with Crippen molar-refractivity contribution < 1.29 is 18.7 Å². The number of hydrogen-bond acceptors (Lipinski definition) is 5. The number of esters is 1. The molecule has 0 aliphatic rings. The van der Waals surface area contributed by atoms with E-state index < -0.39 is 5.97 Å². The summed E-state index contributed by atoms with van der Waals surface area (Å²) < 4.78 is 10.4. The molecule has 0 aliphatic heterocycles. The Morgan fingerprint density at radius 1 is 1.19 bits per heavy atom. The van der Waals surface area contributed by atoms with E-state index in [1.165, 1.54) is 4.90 Å². The van der Waals surface area contributed by atoms with E-state index in [0.29, 0.717) is 13.2 Å². The summed E-state index contributed by atoms with van der Waals surface area (Å²) >= 11 is 0. The van der Waals surface area contributed by atoms with Crippen LogP contribution in [0.5, 0.6) is 0 Å². The van der Waals surface area contributed by atoms with Crippen LogP contribution in [0.15, 0.2) is 16.5 Å². The van der Waals surface area contributed by atoms with Gasteiger partial charge in [0.2, 0.25) is 0 Å². The van der Waals surface area contributed by atoms with Crippen molar-refractivity contribution in [1.29, 1.82) is 0 Å². The average Bonchev–Trinajstić information content (AvgIpc) is 2.92. The van der Waals surface area contributed by atoms with Gasteiger partial charge >= 0.3 is 5.97 Å². The lowest BCUT2D eigenvalue weighted by molar-refractivity contribution is -0.143. The fourth-order valence-corrected chi connectivity index (χ4v) is 1.91. The Labute approximate surface area is 125 Å². The summed E-state index contributed by atoms with van der Waals surface area (Å²) in [5.41, 5.74) is 0. The van der Waals surface area contributed by atoms with Gasteiger partial charge in [-0.15, -0.1) is 0 Å². The van der Waals surface area contributed by atoms with E-state index in [1.54, 1.807) is 26.1 Å². The van der Waals surface area contributed by atoms with E-state index in [-0.39, 0.29) is 18.2 Å². The maximum Gasteiger partial charge on any atom is 0.325 e. The number of ether oxygens (including phenoxy) is 1. The molecule has 6 nitrogen and oxygen atoms in total. The minimum atomic E-state index is -0.428. The Hall–Kier alpha value is -1.82. The van der Waals surface area contributed by atoms with Crippen molar-refractivity contribution in [3.8, 4) is 0 Å². The third-order valence-corrected chi connectivity index (χ3v) is 3.16. The van der Waals surface area contributed by atoms with Crippen LogP contribution >= 0.6 is 0 Å². The molecule has 0 aromatic carbocycles. The van der Waals surface area contributed by atoms with Crippen molar-refractivity contribution in [3.05, 3.63) is 23.7 Å². The molecule has 1 amide bonds. The van der Waals surface area contributed by atoms with Crippen molar-refractivity contribution in [2.24, 2.45) is 0 Å². The van der Waals surface area contributed by atoms with Crippen molar-refractivity contribution >= 4 is 11.9 Å². The average molecular weight is 296 g/mol. The van der Waals surface area contributed by atoms with E-state index in [1.807, 2.05) is 0 Å². The predicted molar refractivity (Wildman–Crippen MR) is 78.9 cm³/mol. The highest BCUT2D eigenvalue weighted by Crippen LogP contribution is 2.12. The summed E-state index contributed by atoms with van der Waals surface area (Å²) in [5, 5.41) is 0. The molecule has 1 heterocycles. The Bertz CT molecular complexity index is 466. The largest absolute Gasteiger partial charge is 0.465 e. The number of carbonyl (C=O) groups excluding carboxylic acids is 2. The Balaban J connectivity index is 2.62.